The van der Waals surface area contributed by atoms with Crippen LogP contribution >= 0.6 is 12.2 Å². The van der Waals surface area contributed by atoms with Gasteiger partial charge in [0.2, 0.25) is 0 Å². The van der Waals surface area contributed by atoms with Crippen LogP contribution in [-0.4, -0.2) is 25.9 Å². The molecule has 142 valence electrons. The van der Waals surface area contributed by atoms with Gasteiger partial charge >= 0.3 is 0 Å². The molecule has 1 heterocycles. The molecule has 0 fully saturated rings. The quantitative estimate of drug-likeness (QED) is 0.665. The fourth-order valence-corrected chi connectivity index (χ4v) is 3.86. The second-order valence-electron chi connectivity index (χ2n) is 6.00. The van der Waals surface area contributed by atoms with Crippen LogP contribution in [0.15, 0.2) is 58.4 Å². The van der Waals surface area contributed by atoms with Crippen molar-refractivity contribution in [2.45, 2.75) is 24.3 Å². The SMILES string of the molecule is O=S(=O)(NC1=NCCC1)c1cccc(NC(=S)NCc2ccc(F)cc2)c1. The molecule has 0 spiro atoms. The highest BCUT2D eigenvalue weighted by atomic mass is 32.2. The van der Waals surface area contributed by atoms with Crippen LogP contribution in [0, 0.1) is 5.82 Å². The summed E-state index contributed by atoms with van der Waals surface area (Å²) in [6.07, 6.45) is 1.49. The van der Waals surface area contributed by atoms with E-state index in [9.17, 15) is 12.8 Å². The average molecular weight is 407 g/mol. The van der Waals surface area contributed by atoms with E-state index in [2.05, 4.69) is 20.3 Å². The lowest BCUT2D eigenvalue weighted by atomic mass is 10.2. The number of anilines is 1. The molecule has 3 N–H and O–H groups in total. The lowest BCUT2D eigenvalue weighted by Crippen LogP contribution is -2.30. The summed E-state index contributed by atoms with van der Waals surface area (Å²) in [5.74, 6) is 0.194. The first-order valence-corrected chi connectivity index (χ1v) is 10.3. The molecule has 0 aliphatic carbocycles. The number of amidine groups is 1. The van der Waals surface area contributed by atoms with E-state index in [1.807, 2.05) is 0 Å². The Balaban J connectivity index is 1.61. The zero-order chi connectivity index (χ0) is 19.3. The maximum absolute atomic E-state index is 12.9. The summed E-state index contributed by atoms with van der Waals surface area (Å²) in [5.41, 5.74) is 1.42. The van der Waals surface area contributed by atoms with E-state index in [4.69, 9.17) is 12.2 Å². The maximum Gasteiger partial charge on any atom is 0.262 e. The molecule has 0 bridgehead atoms. The molecule has 0 aromatic heterocycles. The summed E-state index contributed by atoms with van der Waals surface area (Å²) in [7, 11) is -3.68. The van der Waals surface area contributed by atoms with Crippen LogP contribution in [0.4, 0.5) is 10.1 Å². The zero-order valence-corrected chi connectivity index (χ0v) is 16.0. The molecule has 1 aliphatic rings. The van der Waals surface area contributed by atoms with Gasteiger partial charge in [0.05, 0.1) is 4.90 Å². The van der Waals surface area contributed by atoms with Crippen LogP contribution in [0.2, 0.25) is 0 Å². The Bertz CT molecular complexity index is 960. The third-order valence-corrected chi connectivity index (χ3v) is 5.52. The van der Waals surface area contributed by atoms with Crippen molar-refractivity contribution >= 4 is 38.9 Å². The molecule has 0 saturated carbocycles. The van der Waals surface area contributed by atoms with Gasteiger partial charge in [0, 0.05) is 25.2 Å². The van der Waals surface area contributed by atoms with Gasteiger partial charge in [0.25, 0.3) is 10.0 Å². The standard InChI is InChI=1S/C18H19FN4O2S2/c19-14-8-6-13(7-9-14)12-21-18(26)22-15-3-1-4-16(11-15)27(24,25)23-17-5-2-10-20-17/h1,3-4,6-9,11H,2,5,10,12H2,(H,20,23)(H2,21,22,26). The van der Waals surface area contributed by atoms with Crippen molar-refractivity contribution in [3.8, 4) is 0 Å². The summed E-state index contributed by atoms with van der Waals surface area (Å²) in [4.78, 5) is 4.26. The Morgan fingerprint density at radius 1 is 1.19 bits per heavy atom. The van der Waals surface area contributed by atoms with Crippen molar-refractivity contribution in [1.82, 2.24) is 10.0 Å². The zero-order valence-electron chi connectivity index (χ0n) is 14.4. The van der Waals surface area contributed by atoms with Gasteiger partial charge in [0.1, 0.15) is 11.7 Å². The van der Waals surface area contributed by atoms with E-state index < -0.39 is 10.0 Å². The van der Waals surface area contributed by atoms with Crippen molar-refractivity contribution in [3.63, 3.8) is 0 Å². The summed E-state index contributed by atoms with van der Waals surface area (Å²) in [6.45, 7) is 1.07. The fraction of sp³-hybridized carbons (Fsp3) is 0.222. The Labute approximate surface area is 163 Å². The van der Waals surface area contributed by atoms with Crippen LogP contribution in [0.1, 0.15) is 18.4 Å². The number of halogens is 1. The van der Waals surface area contributed by atoms with E-state index in [0.717, 1.165) is 12.0 Å². The third-order valence-electron chi connectivity index (χ3n) is 3.90. The first kappa shape index (κ1) is 19.2. The molecule has 0 amide bonds. The second kappa shape index (κ2) is 8.45. The lowest BCUT2D eigenvalue weighted by molar-refractivity contribution is 0.592. The minimum atomic E-state index is -3.68. The van der Waals surface area contributed by atoms with Crippen LogP contribution < -0.4 is 15.4 Å². The van der Waals surface area contributed by atoms with Gasteiger partial charge < -0.3 is 10.6 Å². The molecule has 0 radical (unpaired) electrons. The molecule has 0 unspecified atom stereocenters. The number of thiocarbonyl (C=S) groups is 1. The normalized spacial score (nSPS) is 13.7. The van der Waals surface area contributed by atoms with Gasteiger partial charge in [0.15, 0.2) is 5.11 Å². The predicted molar refractivity (Wildman–Crippen MR) is 108 cm³/mol. The molecule has 2 aromatic rings. The molecule has 0 saturated heterocycles. The Morgan fingerprint density at radius 3 is 2.67 bits per heavy atom. The molecule has 3 rings (SSSR count). The van der Waals surface area contributed by atoms with Gasteiger partial charge in [-0.2, -0.15) is 0 Å². The molecule has 9 heteroatoms. The lowest BCUT2D eigenvalue weighted by Gasteiger charge is -2.12. The molecule has 1 aliphatic heterocycles. The van der Waals surface area contributed by atoms with E-state index >= 15 is 0 Å². The number of rotatable bonds is 5. The number of sulfonamides is 1. The second-order valence-corrected chi connectivity index (χ2v) is 8.09. The van der Waals surface area contributed by atoms with Crippen molar-refractivity contribution in [2.75, 3.05) is 11.9 Å². The highest BCUT2D eigenvalue weighted by Crippen LogP contribution is 2.16. The van der Waals surface area contributed by atoms with Gasteiger partial charge in [-0.25, -0.2) is 12.8 Å². The third kappa shape index (κ3) is 5.48. The average Bonchev–Trinajstić information content (AvgIpc) is 3.14. The highest BCUT2D eigenvalue weighted by Gasteiger charge is 2.18. The first-order chi connectivity index (χ1) is 12.9. The van der Waals surface area contributed by atoms with Crippen molar-refractivity contribution in [2.24, 2.45) is 4.99 Å². The summed E-state index contributed by atoms with van der Waals surface area (Å²) in [6, 6.07) is 12.5. The van der Waals surface area contributed by atoms with E-state index in [0.29, 0.717) is 36.1 Å². The van der Waals surface area contributed by atoms with Crippen LogP contribution in [0.3, 0.4) is 0 Å². The maximum atomic E-state index is 12.9. The van der Waals surface area contributed by atoms with Gasteiger partial charge in [-0.1, -0.05) is 18.2 Å². The van der Waals surface area contributed by atoms with E-state index in [-0.39, 0.29) is 10.7 Å². The van der Waals surface area contributed by atoms with Gasteiger partial charge in [-0.15, -0.1) is 0 Å². The summed E-state index contributed by atoms with van der Waals surface area (Å²) >= 11 is 5.23. The molecule has 6 nitrogen and oxygen atoms in total. The van der Waals surface area contributed by atoms with Crippen LogP contribution in [0.5, 0.6) is 0 Å². The Hall–Kier alpha value is -2.52. The summed E-state index contributed by atoms with van der Waals surface area (Å²) < 4.78 is 40.4. The van der Waals surface area contributed by atoms with Gasteiger partial charge in [-0.05, 0) is 54.5 Å². The van der Waals surface area contributed by atoms with Crippen molar-refractivity contribution in [1.29, 1.82) is 0 Å². The minimum absolute atomic E-state index is 0.128. The number of hydrogen-bond donors (Lipinski definition) is 3. The highest BCUT2D eigenvalue weighted by molar-refractivity contribution is 7.90. The Kier molecular flexibility index (Phi) is 6.02. The van der Waals surface area contributed by atoms with E-state index in [1.165, 1.54) is 24.3 Å². The number of nitrogens with zero attached hydrogens (tertiary/aromatic N) is 1. The van der Waals surface area contributed by atoms with Crippen molar-refractivity contribution in [3.05, 3.63) is 59.9 Å². The monoisotopic (exact) mass is 406 g/mol. The molecule has 2 aromatic carbocycles. The molecular weight excluding hydrogens is 387 g/mol. The minimum Gasteiger partial charge on any atom is -0.358 e. The summed E-state index contributed by atoms with van der Waals surface area (Å²) in [5, 5.41) is 6.29. The first-order valence-electron chi connectivity index (χ1n) is 8.38. The smallest absolute Gasteiger partial charge is 0.262 e. The number of benzene rings is 2. The largest absolute Gasteiger partial charge is 0.358 e. The van der Waals surface area contributed by atoms with Crippen molar-refractivity contribution < 1.29 is 12.8 Å². The molecule has 27 heavy (non-hydrogen) atoms. The number of aliphatic imine (C=N–C) groups is 1. The fourth-order valence-electron chi connectivity index (χ4n) is 2.54. The van der Waals surface area contributed by atoms with Crippen LogP contribution in [0.25, 0.3) is 0 Å². The molecular formula is C18H19FN4O2S2. The predicted octanol–water partition coefficient (Wildman–Crippen LogP) is 2.78. The van der Waals surface area contributed by atoms with Crippen LogP contribution in [-0.2, 0) is 16.6 Å². The number of nitrogens with one attached hydrogen (secondary N) is 3. The Morgan fingerprint density at radius 2 is 1.96 bits per heavy atom. The topological polar surface area (TPSA) is 82.6 Å². The van der Waals surface area contributed by atoms with Gasteiger partial charge in [-0.3, -0.25) is 9.71 Å². The number of hydrogen-bond acceptors (Lipinski definition) is 4. The van der Waals surface area contributed by atoms with E-state index in [1.54, 1.807) is 24.3 Å². The molecule has 0 atom stereocenters.